The molecule has 0 aromatic heterocycles. The van der Waals surface area contributed by atoms with Gasteiger partial charge in [-0.1, -0.05) is 100 Å². The Bertz CT molecular complexity index is 398. The van der Waals surface area contributed by atoms with Crippen LogP contribution in [-0.2, 0) is 14.3 Å². The van der Waals surface area contributed by atoms with Crippen molar-refractivity contribution in [3.8, 4) is 0 Å². The second kappa shape index (κ2) is 16.7. The fourth-order valence-electron chi connectivity index (χ4n) is 2.54. The van der Waals surface area contributed by atoms with E-state index < -0.39 is 16.7 Å². The lowest BCUT2D eigenvalue weighted by molar-refractivity contribution is -0.137. The molecule has 0 aromatic rings. The molecule has 25 heavy (non-hydrogen) atoms. The second-order valence-electron chi connectivity index (χ2n) is 6.22. The van der Waals surface area contributed by atoms with Gasteiger partial charge in [-0.2, -0.15) is 0 Å². The Balaban J connectivity index is 3.80. The number of ether oxygens (including phenoxy) is 1. The third-order valence-electron chi connectivity index (χ3n) is 4.02. The molecule has 0 rings (SSSR count). The predicted molar refractivity (Wildman–Crippen MR) is 105 cm³/mol. The number of rotatable bonds is 15. The van der Waals surface area contributed by atoms with E-state index in [1.807, 2.05) is 0 Å². The van der Waals surface area contributed by atoms with E-state index in [4.69, 9.17) is 23.2 Å². The Morgan fingerprint density at radius 1 is 0.920 bits per heavy atom. The first kappa shape index (κ1) is 24.3. The first-order valence-electron chi connectivity index (χ1n) is 9.40. The van der Waals surface area contributed by atoms with Crippen molar-refractivity contribution in [2.75, 3.05) is 7.11 Å². The molecule has 0 aliphatic heterocycles. The Hall–Kier alpha value is -0.740. The summed E-state index contributed by atoms with van der Waals surface area (Å²) in [5.41, 5.74) is 0.103. The molecule has 0 unspecified atom stereocenters. The summed E-state index contributed by atoms with van der Waals surface area (Å²) in [6.07, 6.45) is 16.3. The monoisotopic (exact) mass is 393 g/mol. The Morgan fingerprint density at radius 3 is 1.84 bits per heavy atom. The summed E-state index contributed by atoms with van der Waals surface area (Å²) in [6.45, 7) is 2.24. The van der Waals surface area contributed by atoms with Crippen LogP contribution in [0, 0.1) is 0 Å². The van der Waals surface area contributed by atoms with Gasteiger partial charge in [0.1, 0.15) is 5.70 Å². The Morgan fingerprint density at radius 2 is 1.40 bits per heavy atom. The molecule has 0 radical (unpaired) electrons. The number of unbranched alkanes of at least 4 members (excludes halogenated alkanes) is 11. The molecule has 0 saturated carbocycles. The van der Waals surface area contributed by atoms with Crippen LogP contribution in [0.5, 0.6) is 0 Å². The van der Waals surface area contributed by atoms with Gasteiger partial charge in [-0.15, -0.1) is 0 Å². The van der Waals surface area contributed by atoms with Gasteiger partial charge >= 0.3 is 5.97 Å². The highest BCUT2D eigenvalue weighted by atomic mass is 35.5. The van der Waals surface area contributed by atoms with Crippen molar-refractivity contribution >= 4 is 35.1 Å². The molecule has 0 atom stereocenters. The number of allylic oxidation sites excluding steroid dienone is 1. The average Bonchev–Trinajstić information content (AvgIpc) is 2.60. The lowest BCUT2D eigenvalue weighted by Crippen LogP contribution is -2.31. The molecular weight excluding hydrogens is 361 g/mol. The van der Waals surface area contributed by atoms with Crippen LogP contribution in [0.25, 0.3) is 0 Å². The largest absolute Gasteiger partial charge is 0.464 e. The zero-order valence-electron chi connectivity index (χ0n) is 15.6. The number of methoxy groups -OCH3 is 1. The predicted octanol–water partition coefficient (Wildman–Crippen LogP) is 5.66. The SMILES string of the molecule is CCCCCCCCCCCCC/C=C(\NC(=O)C(Cl)Cl)C(=O)OC. The lowest BCUT2D eigenvalue weighted by Gasteiger charge is -2.08. The van der Waals surface area contributed by atoms with Crippen molar-refractivity contribution in [3.05, 3.63) is 11.8 Å². The minimum atomic E-state index is -1.21. The van der Waals surface area contributed by atoms with Gasteiger partial charge in [-0.3, -0.25) is 4.79 Å². The zero-order valence-corrected chi connectivity index (χ0v) is 17.1. The summed E-state index contributed by atoms with van der Waals surface area (Å²) in [7, 11) is 1.27. The molecule has 4 nitrogen and oxygen atoms in total. The number of halogens is 2. The molecule has 0 aliphatic rings. The quantitative estimate of drug-likeness (QED) is 0.169. The number of amides is 1. The maximum Gasteiger partial charge on any atom is 0.354 e. The Labute approximate surface area is 162 Å². The van der Waals surface area contributed by atoms with Gasteiger partial charge in [0.05, 0.1) is 7.11 Å². The van der Waals surface area contributed by atoms with E-state index in [2.05, 4.69) is 17.0 Å². The average molecular weight is 394 g/mol. The lowest BCUT2D eigenvalue weighted by atomic mass is 10.1. The number of alkyl halides is 2. The van der Waals surface area contributed by atoms with Crippen LogP contribution < -0.4 is 5.32 Å². The number of hydrogen-bond acceptors (Lipinski definition) is 3. The minimum absolute atomic E-state index is 0.103. The summed E-state index contributed by atoms with van der Waals surface area (Å²) in [4.78, 5) is 21.9. The van der Waals surface area contributed by atoms with E-state index >= 15 is 0 Å². The van der Waals surface area contributed by atoms with Crippen LogP contribution in [0.15, 0.2) is 11.8 Å². The van der Waals surface area contributed by atoms with E-state index in [1.54, 1.807) is 6.08 Å². The molecule has 0 fully saturated rings. The molecule has 0 saturated heterocycles. The maximum absolute atomic E-state index is 11.6. The highest BCUT2D eigenvalue weighted by molar-refractivity contribution is 6.53. The summed E-state index contributed by atoms with van der Waals surface area (Å²) in [5, 5.41) is 2.39. The molecule has 0 heterocycles. The summed E-state index contributed by atoms with van der Waals surface area (Å²) in [5.74, 6) is -1.22. The summed E-state index contributed by atoms with van der Waals surface area (Å²) in [6, 6.07) is 0. The standard InChI is InChI=1S/C19H33Cl2NO3/c1-3-4-5-6-7-8-9-10-11-12-13-14-15-16(19(24)25-2)22-18(23)17(20)21/h15,17H,3-14H2,1-2H3,(H,22,23)/b16-15-. The molecule has 146 valence electrons. The van der Waals surface area contributed by atoms with Crippen molar-refractivity contribution in [1.29, 1.82) is 0 Å². The van der Waals surface area contributed by atoms with Crippen molar-refractivity contribution in [3.63, 3.8) is 0 Å². The number of nitrogens with one attached hydrogen (secondary N) is 1. The fraction of sp³-hybridized carbons (Fsp3) is 0.789. The number of hydrogen-bond donors (Lipinski definition) is 1. The van der Waals surface area contributed by atoms with Gasteiger partial charge in [0.2, 0.25) is 0 Å². The summed E-state index contributed by atoms with van der Waals surface area (Å²) >= 11 is 10.9. The summed E-state index contributed by atoms with van der Waals surface area (Å²) < 4.78 is 4.64. The molecule has 0 aromatic carbocycles. The topological polar surface area (TPSA) is 55.4 Å². The minimum Gasteiger partial charge on any atom is -0.464 e. The molecule has 0 aliphatic carbocycles. The Kier molecular flexibility index (Phi) is 16.2. The van der Waals surface area contributed by atoms with Crippen LogP contribution in [0.4, 0.5) is 0 Å². The number of carbonyl (C=O) groups is 2. The third kappa shape index (κ3) is 14.1. The van der Waals surface area contributed by atoms with Crippen LogP contribution in [0.2, 0.25) is 0 Å². The fourth-order valence-corrected chi connectivity index (χ4v) is 2.65. The van der Waals surface area contributed by atoms with E-state index in [0.717, 1.165) is 12.8 Å². The van der Waals surface area contributed by atoms with Gasteiger partial charge < -0.3 is 10.1 Å². The second-order valence-corrected chi connectivity index (χ2v) is 7.32. The molecular formula is C19H33Cl2NO3. The van der Waals surface area contributed by atoms with Crippen molar-refractivity contribution in [2.24, 2.45) is 0 Å². The van der Waals surface area contributed by atoms with Crippen LogP contribution in [0.1, 0.15) is 84.0 Å². The van der Waals surface area contributed by atoms with E-state index in [0.29, 0.717) is 6.42 Å². The van der Waals surface area contributed by atoms with E-state index in [1.165, 1.54) is 64.9 Å². The number of esters is 1. The number of carbonyl (C=O) groups excluding carboxylic acids is 2. The molecule has 1 amide bonds. The highest BCUT2D eigenvalue weighted by Gasteiger charge is 2.17. The van der Waals surface area contributed by atoms with E-state index in [-0.39, 0.29) is 5.70 Å². The zero-order chi connectivity index (χ0) is 18.9. The maximum atomic E-state index is 11.6. The van der Waals surface area contributed by atoms with Crippen LogP contribution >= 0.6 is 23.2 Å². The molecule has 0 spiro atoms. The van der Waals surface area contributed by atoms with Crippen molar-refractivity contribution < 1.29 is 14.3 Å². The van der Waals surface area contributed by atoms with E-state index in [9.17, 15) is 9.59 Å². The normalized spacial score (nSPS) is 11.6. The van der Waals surface area contributed by atoms with Crippen LogP contribution in [-0.4, -0.2) is 23.8 Å². The first-order valence-corrected chi connectivity index (χ1v) is 10.3. The highest BCUT2D eigenvalue weighted by Crippen LogP contribution is 2.12. The van der Waals surface area contributed by atoms with Gasteiger partial charge in [-0.25, -0.2) is 4.79 Å². The van der Waals surface area contributed by atoms with Gasteiger partial charge in [0.15, 0.2) is 4.84 Å². The van der Waals surface area contributed by atoms with Crippen molar-refractivity contribution in [1.82, 2.24) is 5.32 Å². The molecule has 0 bridgehead atoms. The van der Waals surface area contributed by atoms with Crippen molar-refractivity contribution in [2.45, 2.75) is 88.8 Å². The van der Waals surface area contributed by atoms with Gasteiger partial charge in [-0.05, 0) is 12.8 Å². The van der Waals surface area contributed by atoms with Gasteiger partial charge in [0, 0.05) is 0 Å². The third-order valence-corrected chi connectivity index (χ3v) is 4.41. The molecule has 6 heteroatoms. The smallest absolute Gasteiger partial charge is 0.354 e. The molecule has 1 N–H and O–H groups in total. The van der Waals surface area contributed by atoms with Crippen LogP contribution in [0.3, 0.4) is 0 Å². The first-order chi connectivity index (χ1) is 12.0. The van der Waals surface area contributed by atoms with Gasteiger partial charge in [0.25, 0.3) is 5.91 Å².